The maximum atomic E-state index is 14.0. The SMILES string of the molecule is O=C(NS(=O)(=O)c1ccc(NCC2CCC3(CC2)COC3)c([N+](=O)[O-])c1)c1ccc(C2=CCC(N3CCCC3c3ccccc3C3CC3)CC2)cc1Oc1cnc2[nH]ccc2c1. The van der Waals surface area contributed by atoms with Gasteiger partial charge < -0.3 is 19.8 Å². The zero-order valence-electron chi connectivity index (χ0n) is 34.7. The van der Waals surface area contributed by atoms with E-state index in [-0.39, 0.29) is 22.7 Å². The molecular weight excluding hydrogens is 805 g/mol. The first-order chi connectivity index (χ1) is 30.1. The maximum absolute atomic E-state index is 14.0. The monoisotopic (exact) mass is 856 g/mol. The standard InChI is InChI=1S/C48H52N6O7S/c55-47(52-62(58,59)38-14-16-42(44(26-38)54(56)57)50-27-31-17-20-48(21-18-31)29-60-30-48)41-15-11-34(25-45(41)61-37-24-35-19-22-49-46(35)51-28-37)32-9-12-36(13-10-32)53-23-3-6-43(53)40-5-2-1-4-39(40)33-7-8-33/h1-2,4-5,9,11,14-16,19,22,24-26,28,31,33,36,43,50H,3,6-8,10,12-13,17-18,20-21,23,27,29-30H2,(H,49,51)(H,52,55). The molecule has 5 aromatic rings. The molecule has 0 radical (unpaired) electrons. The predicted molar refractivity (Wildman–Crippen MR) is 237 cm³/mol. The Labute approximate surface area is 361 Å². The number of carbonyl (C=O) groups is 1. The molecule has 2 aromatic heterocycles. The molecule has 14 heteroatoms. The molecule has 2 saturated heterocycles. The second-order valence-corrected chi connectivity index (χ2v) is 19.7. The van der Waals surface area contributed by atoms with Crippen molar-refractivity contribution in [2.75, 3.05) is 31.6 Å². The molecule has 3 aliphatic carbocycles. The molecule has 0 bridgehead atoms. The van der Waals surface area contributed by atoms with Gasteiger partial charge in [-0.3, -0.25) is 19.8 Å². The van der Waals surface area contributed by atoms with Crippen LogP contribution in [0.5, 0.6) is 11.5 Å². The molecule has 2 aliphatic heterocycles. The van der Waals surface area contributed by atoms with Crippen molar-refractivity contribution in [3.63, 3.8) is 0 Å². The van der Waals surface area contributed by atoms with E-state index in [2.05, 4.69) is 55.2 Å². The maximum Gasteiger partial charge on any atom is 0.293 e. The highest BCUT2D eigenvalue weighted by Crippen LogP contribution is 2.48. The minimum atomic E-state index is -4.54. The molecule has 62 heavy (non-hydrogen) atoms. The summed E-state index contributed by atoms with van der Waals surface area (Å²) in [6, 6.07) is 22.4. The molecular formula is C48H52N6O7S. The molecule has 4 fully saturated rings. The van der Waals surface area contributed by atoms with Gasteiger partial charge >= 0.3 is 0 Å². The van der Waals surface area contributed by atoms with E-state index in [4.69, 9.17) is 9.47 Å². The number of nitrogens with one attached hydrogen (secondary N) is 3. The van der Waals surface area contributed by atoms with Crippen molar-refractivity contribution in [3.05, 3.63) is 124 Å². The normalized spacial score (nSPS) is 21.6. The van der Waals surface area contributed by atoms with Crippen molar-refractivity contribution in [2.45, 2.75) is 93.5 Å². The topological polar surface area (TPSA) is 169 Å². The largest absolute Gasteiger partial charge is 0.455 e. The predicted octanol–water partition coefficient (Wildman–Crippen LogP) is 9.65. The number of likely N-dealkylation sites (tertiary alicyclic amines) is 1. The van der Waals surface area contributed by atoms with Gasteiger partial charge in [-0.05, 0) is 148 Å². The summed E-state index contributed by atoms with van der Waals surface area (Å²) in [6.45, 7) is 3.24. The van der Waals surface area contributed by atoms with E-state index in [0.717, 1.165) is 87.3 Å². The molecule has 2 atom stereocenters. The summed E-state index contributed by atoms with van der Waals surface area (Å²) < 4.78 is 41.5. The molecule has 13 nitrogen and oxygen atoms in total. The van der Waals surface area contributed by atoms with Gasteiger partial charge in [-0.1, -0.05) is 36.4 Å². The number of nitro benzene ring substituents is 1. The number of nitrogens with zero attached hydrogens (tertiary/aromatic N) is 3. The van der Waals surface area contributed by atoms with Crippen LogP contribution in [-0.4, -0.2) is 66.5 Å². The summed E-state index contributed by atoms with van der Waals surface area (Å²) in [5, 5.41) is 16.2. The molecule has 5 aliphatic rings. The molecule has 10 rings (SSSR count). The van der Waals surface area contributed by atoms with Crippen LogP contribution in [0.15, 0.2) is 96.2 Å². The highest BCUT2D eigenvalue weighted by Gasteiger charge is 2.42. The van der Waals surface area contributed by atoms with E-state index in [0.29, 0.717) is 47.3 Å². The van der Waals surface area contributed by atoms with Crippen LogP contribution in [0.25, 0.3) is 16.6 Å². The van der Waals surface area contributed by atoms with Crippen LogP contribution in [0.3, 0.4) is 0 Å². The Morgan fingerprint density at radius 2 is 1.81 bits per heavy atom. The number of hydrogen-bond donors (Lipinski definition) is 3. The number of ether oxygens (including phenoxy) is 2. The third-order valence-corrected chi connectivity index (χ3v) is 15.3. The second kappa shape index (κ2) is 16.6. The van der Waals surface area contributed by atoms with Gasteiger partial charge in [0.1, 0.15) is 22.8 Å². The van der Waals surface area contributed by atoms with Gasteiger partial charge in [0, 0.05) is 41.7 Å². The lowest BCUT2D eigenvalue weighted by Gasteiger charge is -2.46. The summed E-state index contributed by atoms with van der Waals surface area (Å²) in [7, 11) is -4.54. The molecule has 2 unspecified atom stereocenters. The van der Waals surface area contributed by atoms with E-state index in [9.17, 15) is 23.3 Å². The number of fused-ring (bicyclic) bond motifs is 1. The zero-order valence-corrected chi connectivity index (χ0v) is 35.5. The van der Waals surface area contributed by atoms with Gasteiger partial charge in [-0.25, -0.2) is 18.1 Å². The fourth-order valence-electron chi connectivity index (χ4n) is 10.3. The molecule has 3 aromatic carbocycles. The zero-order chi connectivity index (χ0) is 42.4. The molecule has 1 spiro atoms. The third-order valence-electron chi connectivity index (χ3n) is 14.0. The summed E-state index contributed by atoms with van der Waals surface area (Å²) in [5.74, 6) is 0.662. The number of aromatic amines is 1. The van der Waals surface area contributed by atoms with Crippen LogP contribution >= 0.6 is 0 Å². The second-order valence-electron chi connectivity index (χ2n) is 18.0. The number of rotatable bonds is 13. The highest BCUT2D eigenvalue weighted by molar-refractivity contribution is 7.90. The average molecular weight is 857 g/mol. The number of nitro groups is 1. The van der Waals surface area contributed by atoms with Gasteiger partial charge in [0.05, 0.1) is 34.8 Å². The number of H-pyrrole nitrogens is 1. The fraction of sp³-hybridized carbons (Fsp3) is 0.417. The van der Waals surface area contributed by atoms with Crippen LogP contribution in [0.4, 0.5) is 11.4 Å². The van der Waals surface area contributed by atoms with E-state index in [1.54, 1.807) is 30.6 Å². The van der Waals surface area contributed by atoms with Gasteiger partial charge in [-0.15, -0.1) is 0 Å². The van der Waals surface area contributed by atoms with Gasteiger partial charge in [-0.2, -0.15) is 0 Å². The highest BCUT2D eigenvalue weighted by atomic mass is 32.2. The van der Waals surface area contributed by atoms with Crippen LogP contribution in [-0.2, 0) is 14.8 Å². The summed E-state index contributed by atoms with van der Waals surface area (Å²) in [5.41, 5.74) is 5.87. The number of carbonyl (C=O) groups excluding carboxylic acids is 1. The first-order valence-electron chi connectivity index (χ1n) is 22.1. The fourth-order valence-corrected chi connectivity index (χ4v) is 11.2. The number of sulfonamides is 1. The van der Waals surface area contributed by atoms with Crippen molar-refractivity contribution in [3.8, 4) is 11.5 Å². The van der Waals surface area contributed by atoms with E-state index in [1.807, 2.05) is 12.1 Å². The lowest BCUT2D eigenvalue weighted by molar-refractivity contribution is -0.384. The van der Waals surface area contributed by atoms with Crippen molar-refractivity contribution in [1.82, 2.24) is 19.6 Å². The van der Waals surface area contributed by atoms with E-state index < -0.39 is 25.7 Å². The lowest BCUT2D eigenvalue weighted by Crippen LogP contribution is -2.45. The van der Waals surface area contributed by atoms with Crippen molar-refractivity contribution in [1.29, 1.82) is 0 Å². The Hall–Kier alpha value is -5.57. The first-order valence-corrected chi connectivity index (χ1v) is 23.6. The molecule has 1 amide bonds. The van der Waals surface area contributed by atoms with E-state index in [1.165, 1.54) is 48.9 Å². The minimum Gasteiger partial charge on any atom is -0.455 e. The Morgan fingerprint density at radius 3 is 2.55 bits per heavy atom. The number of benzene rings is 3. The number of amides is 1. The van der Waals surface area contributed by atoms with Gasteiger partial charge in [0.15, 0.2) is 0 Å². The smallest absolute Gasteiger partial charge is 0.293 e. The number of aromatic nitrogens is 2. The van der Waals surface area contributed by atoms with Crippen molar-refractivity contribution >= 4 is 43.9 Å². The summed E-state index contributed by atoms with van der Waals surface area (Å²) in [6.07, 6.45) is 17.4. The van der Waals surface area contributed by atoms with Crippen molar-refractivity contribution < 1.29 is 27.6 Å². The molecule has 4 heterocycles. The number of pyridine rings is 1. The number of allylic oxidation sites excluding steroid dienone is 1. The van der Waals surface area contributed by atoms with Crippen LogP contribution < -0.4 is 14.8 Å². The Bertz CT molecular complexity index is 2660. The molecule has 322 valence electrons. The van der Waals surface area contributed by atoms with E-state index >= 15 is 0 Å². The first kappa shape index (κ1) is 40.5. The summed E-state index contributed by atoms with van der Waals surface area (Å²) >= 11 is 0. The van der Waals surface area contributed by atoms with Crippen molar-refractivity contribution in [2.24, 2.45) is 11.3 Å². The van der Waals surface area contributed by atoms with Crippen LogP contribution in [0.1, 0.15) is 110 Å². The number of anilines is 1. The van der Waals surface area contributed by atoms with Crippen LogP contribution in [0, 0.1) is 21.4 Å². The lowest BCUT2D eigenvalue weighted by atomic mass is 9.69. The quantitative estimate of drug-likeness (QED) is 0.0766. The average Bonchev–Trinajstić information content (AvgIpc) is 3.81. The Balaban J connectivity index is 0.870. The Morgan fingerprint density at radius 1 is 0.984 bits per heavy atom. The molecule has 3 N–H and O–H groups in total. The van der Waals surface area contributed by atoms with Gasteiger partial charge in [0.25, 0.3) is 21.6 Å². The van der Waals surface area contributed by atoms with Gasteiger partial charge in [0.2, 0.25) is 0 Å². The summed E-state index contributed by atoms with van der Waals surface area (Å²) in [4.78, 5) is 35.4. The third kappa shape index (κ3) is 8.23. The molecule has 2 saturated carbocycles. The minimum absolute atomic E-state index is 0.00877. The Kier molecular flexibility index (Phi) is 10.9. The number of hydrogen-bond acceptors (Lipinski definition) is 10. The van der Waals surface area contributed by atoms with Crippen LogP contribution in [0.2, 0.25) is 0 Å².